The Morgan fingerprint density at radius 2 is 1.55 bits per heavy atom. The average Bonchev–Trinajstić information content (AvgIpc) is 2.77. The Kier molecular flexibility index (Phi) is 10.3. The third kappa shape index (κ3) is 8.14. The summed E-state index contributed by atoms with van der Waals surface area (Å²) in [5.41, 5.74) is 1.02. The molecule has 0 aliphatic heterocycles. The maximum absolute atomic E-state index is 12.2. The Hall–Kier alpha value is -2.97. The predicted molar refractivity (Wildman–Crippen MR) is 127 cm³/mol. The largest absolute Gasteiger partial charge is 0.490 e. The highest BCUT2D eigenvalue weighted by atomic mass is 35.5. The normalized spacial score (nSPS) is 11.3. The van der Waals surface area contributed by atoms with Crippen LogP contribution in [-0.2, 0) is 9.59 Å². The Labute approximate surface area is 202 Å². The second kappa shape index (κ2) is 12.9. The van der Waals surface area contributed by atoms with Crippen LogP contribution in [-0.4, -0.2) is 44.0 Å². The minimum absolute atomic E-state index is 0.176. The maximum Gasteiger partial charge on any atom is 0.253 e. The Balaban J connectivity index is 1.82. The molecule has 0 aliphatic carbocycles. The van der Waals surface area contributed by atoms with Gasteiger partial charge in [-0.05, 0) is 56.7 Å². The highest BCUT2D eigenvalue weighted by molar-refractivity contribution is 6.36. The van der Waals surface area contributed by atoms with Crippen molar-refractivity contribution < 1.29 is 23.9 Å². The van der Waals surface area contributed by atoms with E-state index in [-0.39, 0.29) is 35.6 Å². The molecule has 178 valence electrons. The summed E-state index contributed by atoms with van der Waals surface area (Å²) in [6.45, 7) is 6.03. The first kappa shape index (κ1) is 26.3. The minimum atomic E-state index is -0.523. The van der Waals surface area contributed by atoms with Crippen LogP contribution in [0.15, 0.2) is 36.4 Å². The molecule has 2 aromatic rings. The van der Waals surface area contributed by atoms with Crippen molar-refractivity contribution in [2.24, 2.45) is 0 Å². The van der Waals surface area contributed by atoms with E-state index in [1.807, 2.05) is 32.9 Å². The van der Waals surface area contributed by atoms with Crippen LogP contribution >= 0.6 is 23.2 Å². The molecule has 2 aromatic carbocycles. The van der Waals surface area contributed by atoms with Gasteiger partial charge in [-0.3, -0.25) is 14.4 Å². The van der Waals surface area contributed by atoms with Gasteiger partial charge in [-0.25, -0.2) is 0 Å². The molecule has 8 nitrogen and oxygen atoms in total. The van der Waals surface area contributed by atoms with Crippen LogP contribution in [0.4, 0.5) is 0 Å². The number of carbonyl (C=O) groups is 3. The van der Waals surface area contributed by atoms with Gasteiger partial charge < -0.3 is 25.4 Å². The summed E-state index contributed by atoms with van der Waals surface area (Å²) >= 11 is 11.8. The SMILES string of the molecule is CCOc1ccc(C(C)NC(=O)CNC(=O)CNC(=O)c2ccc(Cl)cc2Cl)cc1OCC. The number of benzene rings is 2. The molecule has 0 fully saturated rings. The first-order valence-electron chi connectivity index (χ1n) is 10.4. The number of amides is 3. The molecule has 3 amide bonds. The third-order valence-electron chi connectivity index (χ3n) is 4.48. The third-order valence-corrected chi connectivity index (χ3v) is 5.02. The molecule has 10 heteroatoms. The van der Waals surface area contributed by atoms with E-state index in [0.717, 1.165) is 5.56 Å². The van der Waals surface area contributed by atoms with Crippen LogP contribution in [0, 0.1) is 0 Å². The van der Waals surface area contributed by atoms with Crippen LogP contribution in [0.1, 0.15) is 42.7 Å². The minimum Gasteiger partial charge on any atom is -0.490 e. The van der Waals surface area contributed by atoms with Crippen LogP contribution < -0.4 is 25.4 Å². The van der Waals surface area contributed by atoms with Crippen LogP contribution in [0.3, 0.4) is 0 Å². The molecule has 1 atom stereocenters. The second-order valence-electron chi connectivity index (χ2n) is 6.94. The fourth-order valence-electron chi connectivity index (χ4n) is 2.88. The molecule has 0 aromatic heterocycles. The molecule has 33 heavy (non-hydrogen) atoms. The summed E-state index contributed by atoms with van der Waals surface area (Å²) < 4.78 is 11.2. The van der Waals surface area contributed by atoms with Crippen molar-refractivity contribution in [2.45, 2.75) is 26.8 Å². The highest BCUT2D eigenvalue weighted by Crippen LogP contribution is 2.30. The quantitative estimate of drug-likeness (QED) is 0.442. The first-order valence-corrected chi connectivity index (χ1v) is 11.2. The lowest BCUT2D eigenvalue weighted by molar-refractivity contribution is -0.125. The molecular weight excluding hydrogens is 469 g/mol. The second-order valence-corrected chi connectivity index (χ2v) is 7.79. The highest BCUT2D eigenvalue weighted by Gasteiger charge is 2.15. The Bertz CT molecular complexity index is 1000. The van der Waals surface area contributed by atoms with E-state index in [9.17, 15) is 14.4 Å². The summed E-state index contributed by atoms with van der Waals surface area (Å²) in [5, 5.41) is 8.29. The van der Waals surface area contributed by atoms with Crippen LogP contribution in [0.2, 0.25) is 10.0 Å². The molecule has 1 unspecified atom stereocenters. The first-order chi connectivity index (χ1) is 15.7. The standard InChI is InChI=1S/C23H27Cl2N3O5/c1-4-32-19-9-6-15(10-20(19)33-5-2)14(3)28-22(30)13-26-21(29)12-27-23(31)17-8-7-16(24)11-18(17)25/h6-11,14H,4-5,12-13H2,1-3H3,(H,26,29)(H,27,31)(H,28,30). The van der Waals surface area contributed by atoms with E-state index in [2.05, 4.69) is 16.0 Å². The zero-order valence-corrected chi connectivity index (χ0v) is 20.2. The molecule has 0 saturated carbocycles. The summed E-state index contributed by atoms with van der Waals surface area (Å²) in [7, 11) is 0. The fraction of sp³-hybridized carbons (Fsp3) is 0.348. The smallest absolute Gasteiger partial charge is 0.253 e. The Morgan fingerprint density at radius 3 is 2.21 bits per heavy atom. The van der Waals surface area contributed by atoms with E-state index in [1.54, 1.807) is 6.07 Å². The summed E-state index contributed by atoms with van der Waals surface area (Å²) in [6.07, 6.45) is 0. The van der Waals surface area contributed by atoms with Crippen molar-refractivity contribution in [3.8, 4) is 11.5 Å². The van der Waals surface area contributed by atoms with Crippen molar-refractivity contribution in [3.63, 3.8) is 0 Å². The van der Waals surface area contributed by atoms with Crippen molar-refractivity contribution in [2.75, 3.05) is 26.3 Å². The van der Waals surface area contributed by atoms with Gasteiger partial charge >= 0.3 is 0 Å². The number of hydrogen-bond acceptors (Lipinski definition) is 5. The number of nitrogens with one attached hydrogen (secondary N) is 3. The number of rotatable bonds is 11. The molecule has 0 bridgehead atoms. The number of halogens is 2. The van der Waals surface area contributed by atoms with E-state index in [0.29, 0.717) is 29.7 Å². The van der Waals surface area contributed by atoms with Gasteiger partial charge in [0.1, 0.15) is 0 Å². The zero-order valence-electron chi connectivity index (χ0n) is 18.7. The van der Waals surface area contributed by atoms with Gasteiger partial charge in [0.25, 0.3) is 5.91 Å². The molecule has 2 rings (SSSR count). The van der Waals surface area contributed by atoms with Gasteiger partial charge in [-0.15, -0.1) is 0 Å². The summed E-state index contributed by atoms with van der Waals surface area (Å²) in [4.78, 5) is 36.4. The monoisotopic (exact) mass is 495 g/mol. The molecular formula is C23H27Cl2N3O5. The van der Waals surface area contributed by atoms with Gasteiger partial charge in [-0.2, -0.15) is 0 Å². The van der Waals surface area contributed by atoms with Gasteiger partial charge in [0, 0.05) is 5.02 Å². The summed E-state index contributed by atoms with van der Waals surface area (Å²) in [5.74, 6) is -0.185. The van der Waals surface area contributed by atoms with E-state index in [1.165, 1.54) is 18.2 Å². The van der Waals surface area contributed by atoms with E-state index < -0.39 is 11.8 Å². The van der Waals surface area contributed by atoms with Crippen LogP contribution in [0.5, 0.6) is 11.5 Å². The van der Waals surface area contributed by atoms with Gasteiger partial charge in [0.05, 0.1) is 42.9 Å². The molecule has 0 saturated heterocycles. The molecule has 0 spiro atoms. The zero-order chi connectivity index (χ0) is 24.4. The molecule has 0 radical (unpaired) electrons. The van der Waals surface area contributed by atoms with E-state index >= 15 is 0 Å². The number of ether oxygens (including phenoxy) is 2. The fourth-order valence-corrected chi connectivity index (χ4v) is 3.38. The number of carbonyl (C=O) groups excluding carboxylic acids is 3. The molecule has 0 aliphatic rings. The lowest BCUT2D eigenvalue weighted by Crippen LogP contribution is -2.42. The number of hydrogen-bond donors (Lipinski definition) is 3. The predicted octanol–water partition coefficient (Wildman–Crippen LogP) is 3.51. The maximum atomic E-state index is 12.2. The van der Waals surface area contributed by atoms with Crippen molar-refractivity contribution in [3.05, 3.63) is 57.6 Å². The summed E-state index contributed by atoms with van der Waals surface area (Å²) in [6, 6.07) is 9.55. The average molecular weight is 496 g/mol. The molecule has 0 heterocycles. The molecule has 3 N–H and O–H groups in total. The topological polar surface area (TPSA) is 106 Å². The van der Waals surface area contributed by atoms with Gasteiger partial charge in [0.15, 0.2) is 11.5 Å². The van der Waals surface area contributed by atoms with Gasteiger partial charge in [-0.1, -0.05) is 29.3 Å². The van der Waals surface area contributed by atoms with Gasteiger partial charge in [0.2, 0.25) is 11.8 Å². The van der Waals surface area contributed by atoms with Crippen molar-refractivity contribution in [1.82, 2.24) is 16.0 Å². The van der Waals surface area contributed by atoms with Crippen molar-refractivity contribution >= 4 is 40.9 Å². The lowest BCUT2D eigenvalue weighted by Gasteiger charge is -2.18. The lowest BCUT2D eigenvalue weighted by atomic mass is 10.1. The van der Waals surface area contributed by atoms with Crippen LogP contribution in [0.25, 0.3) is 0 Å². The van der Waals surface area contributed by atoms with Crippen molar-refractivity contribution in [1.29, 1.82) is 0 Å². The van der Waals surface area contributed by atoms with E-state index in [4.69, 9.17) is 32.7 Å². The Morgan fingerprint density at radius 1 is 0.879 bits per heavy atom.